The molecule has 0 saturated heterocycles. The highest BCUT2D eigenvalue weighted by Gasteiger charge is 1.98. The highest BCUT2D eigenvalue weighted by molar-refractivity contribution is 8.13. The number of ether oxygens (including phenoxy) is 1. The molecule has 0 aromatic rings. The van der Waals surface area contributed by atoms with Gasteiger partial charge in [0.05, 0.1) is 12.4 Å². The summed E-state index contributed by atoms with van der Waals surface area (Å²) in [6.07, 6.45) is 10.8. The minimum absolute atomic E-state index is 0.142. The Hall–Kier alpha value is -0.960. The third kappa shape index (κ3) is 4.92. The molecule has 0 atom stereocenters. The number of hydrogen-bond donors (Lipinski definition) is 0. The van der Waals surface area contributed by atoms with Gasteiger partial charge in [0.15, 0.2) is 5.12 Å². The van der Waals surface area contributed by atoms with Crippen LogP contribution in [-0.2, 0) is 9.53 Å². The molecule has 0 aromatic heterocycles. The van der Waals surface area contributed by atoms with Crippen molar-refractivity contribution in [3.05, 3.63) is 36.1 Å². The van der Waals surface area contributed by atoms with Gasteiger partial charge >= 0.3 is 0 Å². The molecule has 0 spiro atoms. The van der Waals surface area contributed by atoms with Gasteiger partial charge < -0.3 is 4.74 Å². The first-order chi connectivity index (χ1) is 6.79. The second-order valence-corrected chi connectivity index (χ2v) is 4.11. The average molecular weight is 210 g/mol. The van der Waals surface area contributed by atoms with E-state index in [2.05, 4.69) is 0 Å². The second-order valence-electron chi connectivity index (χ2n) is 2.84. The number of carbonyl (C=O) groups is 1. The van der Waals surface area contributed by atoms with Crippen LogP contribution in [0.3, 0.4) is 0 Å². The van der Waals surface area contributed by atoms with Gasteiger partial charge in [-0.2, -0.15) is 0 Å². The molecular weight excluding hydrogens is 196 g/mol. The first-order valence-electron chi connectivity index (χ1n) is 4.57. The smallest absolute Gasteiger partial charge is 0.185 e. The van der Waals surface area contributed by atoms with Crippen LogP contribution in [0.25, 0.3) is 0 Å². The predicted octanol–water partition coefficient (Wildman–Crippen LogP) is 2.68. The molecular formula is C11H14O2S. The lowest BCUT2D eigenvalue weighted by Crippen LogP contribution is -1.98. The molecule has 3 heteroatoms. The Labute approximate surface area is 88.7 Å². The van der Waals surface area contributed by atoms with Gasteiger partial charge in [0.25, 0.3) is 0 Å². The molecule has 1 aliphatic rings. The van der Waals surface area contributed by atoms with E-state index in [9.17, 15) is 4.79 Å². The molecule has 0 fully saturated rings. The van der Waals surface area contributed by atoms with Crippen LogP contribution in [0.5, 0.6) is 0 Å². The van der Waals surface area contributed by atoms with Crippen LogP contribution < -0.4 is 0 Å². The van der Waals surface area contributed by atoms with Gasteiger partial charge in [0, 0.05) is 19.1 Å². The van der Waals surface area contributed by atoms with E-state index in [1.807, 2.05) is 30.4 Å². The third-order valence-electron chi connectivity index (χ3n) is 1.64. The van der Waals surface area contributed by atoms with E-state index in [-0.39, 0.29) is 5.12 Å². The maximum absolute atomic E-state index is 10.6. The lowest BCUT2D eigenvalue weighted by Gasteiger charge is -2.06. The number of thioether (sulfide) groups is 1. The van der Waals surface area contributed by atoms with Gasteiger partial charge in [0.2, 0.25) is 0 Å². The summed E-state index contributed by atoms with van der Waals surface area (Å²) in [5, 5.41) is 0.142. The molecule has 0 saturated carbocycles. The first kappa shape index (κ1) is 11.1. The zero-order chi connectivity index (χ0) is 10.2. The van der Waals surface area contributed by atoms with E-state index in [4.69, 9.17) is 4.74 Å². The first-order valence-corrected chi connectivity index (χ1v) is 5.56. The molecule has 0 unspecified atom stereocenters. The Bertz CT molecular complexity index is 277. The summed E-state index contributed by atoms with van der Waals surface area (Å²) < 4.78 is 5.50. The van der Waals surface area contributed by atoms with Crippen molar-refractivity contribution in [3.63, 3.8) is 0 Å². The van der Waals surface area contributed by atoms with Crippen LogP contribution >= 0.6 is 11.8 Å². The highest BCUT2D eigenvalue weighted by atomic mass is 32.2. The fourth-order valence-corrected chi connectivity index (χ4v) is 1.48. The van der Waals surface area contributed by atoms with Crippen molar-refractivity contribution in [2.24, 2.45) is 0 Å². The lowest BCUT2D eigenvalue weighted by molar-refractivity contribution is -0.109. The zero-order valence-electron chi connectivity index (χ0n) is 8.23. The summed E-state index contributed by atoms with van der Waals surface area (Å²) in [5.41, 5.74) is 0. The van der Waals surface area contributed by atoms with Gasteiger partial charge in [0.1, 0.15) is 0 Å². The number of allylic oxidation sites excluding steroid dienone is 5. The monoisotopic (exact) mass is 210 g/mol. The molecule has 0 aliphatic heterocycles. The van der Waals surface area contributed by atoms with Crippen molar-refractivity contribution in [2.45, 2.75) is 13.3 Å². The Kier molecular flexibility index (Phi) is 5.15. The molecule has 0 N–H and O–H groups in total. The predicted molar refractivity (Wildman–Crippen MR) is 60.1 cm³/mol. The van der Waals surface area contributed by atoms with Crippen molar-refractivity contribution >= 4 is 16.9 Å². The molecule has 76 valence electrons. The lowest BCUT2D eigenvalue weighted by atomic mass is 10.3. The SMILES string of the molecule is CC(=O)SCCOC1=CC=CC=CC1. The van der Waals surface area contributed by atoms with Crippen molar-refractivity contribution in [2.75, 3.05) is 12.4 Å². The molecule has 0 heterocycles. The summed E-state index contributed by atoms with van der Waals surface area (Å²) in [4.78, 5) is 10.6. The molecule has 0 bridgehead atoms. The molecule has 0 radical (unpaired) electrons. The van der Waals surface area contributed by atoms with Gasteiger partial charge in [-0.15, -0.1) is 0 Å². The van der Waals surface area contributed by atoms with Crippen LogP contribution in [0.2, 0.25) is 0 Å². The maximum atomic E-state index is 10.6. The van der Waals surface area contributed by atoms with Crippen molar-refractivity contribution < 1.29 is 9.53 Å². The molecule has 1 rings (SSSR count). The topological polar surface area (TPSA) is 26.3 Å². The van der Waals surface area contributed by atoms with Crippen LogP contribution in [0.1, 0.15) is 13.3 Å². The van der Waals surface area contributed by atoms with Gasteiger partial charge in [-0.25, -0.2) is 0 Å². The Morgan fingerprint density at radius 1 is 1.50 bits per heavy atom. The van der Waals surface area contributed by atoms with Crippen molar-refractivity contribution in [3.8, 4) is 0 Å². The fraction of sp³-hybridized carbons (Fsp3) is 0.364. The molecule has 14 heavy (non-hydrogen) atoms. The van der Waals surface area contributed by atoms with E-state index in [1.54, 1.807) is 6.92 Å². The van der Waals surface area contributed by atoms with Gasteiger partial charge in [-0.05, 0) is 6.08 Å². The quantitative estimate of drug-likeness (QED) is 0.667. The molecule has 1 aliphatic carbocycles. The van der Waals surface area contributed by atoms with Crippen LogP contribution in [0.15, 0.2) is 36.1 Å². The number of carbonyl (C=O) groups excluding carboxylic acids is 1. The highest BCUT2D eigenvalue weighted by Crippen LogP contribution is 2.09. The summed E-state index contributed by atoms with van der Waals surface area (Å²) in [5.74, 6) is 1.68. The third-order valence-corrected chi connectivity index (χ3v) is 2.41. The Morgan fingerprint density at radius 2 is 2.36 bits per heavy atom. The van der Waals surface area contributed by atoms with Crippen LogP contribution in [0, 0.1) is 0 Å². The van der Waals surface area contributed by atoms with Gasteiger partial charge in [-0.3, -0.25) is 4.79 Å². The summed E-state index contributed by atoms with van der Waals surface area (Å²) in [6, 6.07) is 0. The van der Waals surface area contributed by atoms with E-state index in [0.29, 0.717) is 6.61 Å². The van der Waals surface area contributed by atoms with E-state index in [0.717, 1.165) is 17.9 Å². The normalized spacial score (nSPS) is 14.8. The Balaban J connectivity index is 2.18. The van der Waals surface area contributed by atoms with E-state index < -0.39 is 0 Å². The number of rotatable bonds is 4. The van der Waals surface area contributed by atoms with E-state index in [1.165, 1.54) is 11.8 Å². The van der Waals surface area contributed by atoms with Gasteiger partial charge in [-0.1, -0.05) is 36.1 Å². The largest absolute Gasteiger partial charge is 0.497 e. The minimum Gasteiger partial charge on any atom is -0.497 e. The van der Waals surface area contributed by atoms with Crippen LogP contribution in [-0.4, -0.2) is 17.5 Å². The summed E-state index contributed by atoms with van der Waals surface area (Å²) >= 11 is 1.30. The Morgan fingerprint density at radius 3 is 3.14 bits per heavy atom. The van der Waals surface area contributed by atoms with E-state index >= 15 is 0 Å². The molecule has 0 amide bonds. The second kappa shape index (κ2) is 6.49. The van der Waals surface area contributed by atoms with Crippen molar-refractivity contribution in [1.29, 1.82) is 0 Å². The molecule has 0 aromatic carbocycles. The average Bonchev–Trinajstić information content (AvgIpc) is 2.40. The van der Waals surface area contributed by atoms with Crippen molar-refractivity contribution in [1.82, 2.24) is 0 Å². The summed E-state index contributed by atoms with van der Waals surface area (Å²) in [7, 11) is 0. The maximum Gasteiger partial charge on any atom is 0.185 e. The standard InChI is InChI=1S/C11H14O2S/c1-10(12)14-9-8-13-11-6-4-2-3-5-7-11/h2-6H,7-9H2,1H3. The minimum atomic E-state index is 0.142. The fourth-order valence-electron chi connectivity index (χ4n) is 1.02. The zero-order valence-corrected chi connectivity index (χ0v) is 9.05. The molecule has 2 nitrogen and oxygen atoms in total. The van der Waals surface area contributed by atoms with Crippen LogP contribution in [0.4, 0.5) is 0 Å². The summed E-state index contributed by atoms with van der Waals surface area (Å²) in [6.45, 7) is 2.17. The number of hydrogen-bond acceptors (Lipinski definition) is 3.